The van der Waals surface area contributed by atoms with E-state index in [2.05, 4.69) is 15.5 Å². The van der Waals surface area contributed by atoms with Crippen molar-refractivity contribution >= 4 is 28.6 Å². The van der Waals surface area contributed by atoms with Gasteiger partial charge >= 0.3 is 6.03 Å². The van der Waals surface area contributed by atoms with Gasteiger partial charge in [-0.05, 0) is 32.9 Å². The molecule has 9 nitrogen and oxygen atoms in total. The molecule has 0 aliphatic carbocycles. The van der Waals surface area contributed by atoms with Crippen LogP contribution in [0.4, 0.5) is 4.79 Å². The molecule has 3 amide bonds. The zero-order valence-corrected chi connectivity index (χ0v) is 14.7. The van der Waals surface area contributed by atoms with Crippen molar-refractivity contribution in [3.8, 4) is 0 Å². The van der Waals surface area contributed by atoms with Gasteiger partial charge in [-0.1, -0.05) is 12.1 Å². The second kappa shape index (κ2) is 5.38. The van der Waals surface area contributed by atoms with E-state index in [9.17, 15) is 14.4 Å². The first kappa shape index (κ1) is 16.2. The van der Waals surface area contributed by atoms with Crippen LogP contribution in [-0.2, 0) is 17.9 Å². The first-order valence-corrected chi connectivity index (χ1v) is 8.35. The summed E-state index contributed by atoms with van der Waals surface area (Å²) in [5.74, 6) is 0.476. The summed E-state index contributed by atoms with van der Waals surface area (Å²) in [7, 11) is 0. The van der Waals surface area contributed by atoms with Crippen molar-refractivity contribution in [2.24, 2.45) is 0 Å². The number of benzene rings is 1. The van der Waals surface area contributed by atoms with E-state index in [1.807, 2.05) is 13.0 Å². The van der Waals surface area contributed by atoms with Crippen molar-refractivity contribution in [3.05, 3.63) is 40.4 Å². The first-order valence-electron chi connectivity index (χ1n) is 8.35. The Balaban J connectivity index is 1.93. The summed E-state index contributed by atoms with van der Waals surface area (Å²) in [5, 5.41) is 11.5. The average Bonchev–Trinajstić information content (AvgIpc) is 3.10. The normalized spacial score (nSPS) is 16.7. The Labute approximate surface area is 148 Å². The number of hydrogen-bond acceptors (Lipinski definition) is 5. The summed E-state index contributed by atoms with van der Waals surface area (Å²) in [5.41, 5.74) is -0.459. The maximum Gasteiger partial charge on any atom is 0.325 e. The van der Waals surface area contributed by atoms with Crippen LogP contribution in [0.5, 0.6) is 0 Å². The van der Waals surface area contributed by atoms with Gasteiger partial charge in [0, 0.05) is 6.54 Å². The molecule has 1 aromatic carbocycles. The van der Waals surface area contributed by atoms with Crippen LogP contribution in [-0.4, -0.2) is 41.5 Å². The molecule has 134 valence electrons. The molecule has 1 fully saturated rings. The van der Waals surface area contributed by atoms with Crippen molar-refractivity contribution in [2.75, 3.05) is 0 Å². The minimum atomic E-state index is -0.953. The number of fused-ring (bicyclic) bond motifs is 3. The maximum atomic E-state index is 12.7. The molecule has 0 bridgehead atoms. The van der Waals surface area contributed by atoms with Crippen LogP contribution in [0.15, 0.2) is 29.1 Å². The Morgan fingerprint density at radius 2 is 1.85 bits per heavy atom. The first-order chi connectivity index (χ1) is 12.3. The summed E-state index contributed by atoms with van der Waals surface area (Å²) < 4.78 is 3.25. The van der Waals surface area contributed by atoms with Gasteiger partial charge in [0.05, 0.1) is 17.4 Å². The summed E-state index contributed by atoms with van der Waals surface area (Å²) >= 11 is 0. The van der Waals surface area contributed by atoms with E-state index in [1.54, 1.807) is 36.4 Å². The van der Waals surface area contributed by atoms with Crippen molar-refractivity contribution in [3.63, 3.8) is 0 Å². The van der Waals surface area contributed by atoms with E-state index in [0.717, 1.165) is 4.90 Å². The fourth-order valence-electron chi connectivity index (χ4n) is 3.30. The molecule has 0 unspecified atom stereocenters. The van der Waals surface area contributed by atoms with Gasteiger partial charge < -0.3 is 5.32 Å². The van der Waals surface area contributed by atoms with E-state index < -0.39 is 11.6 Å². The molecule has 26 heavy (non-hydrogen) atoms. The molecule has 4 rings (SSSR count). The second-order valence-corrected chi connectivity index (χ2v) is 6.76. The Kier molecular flexibility index (Phi) is 3.36. The quantitative estimate of drug-likeness (QED) is 0.704. The summed E-state index contributed by atoms with van der Waals surface area (Å²) in [6, 6.07) is 6.68. The van der Waals surface area contributed by atoms with E-state index in [-0.39, 0.29) is 18.0 Å². The fraction of sp³-hybridized carbons (Fsp3) is 0.353. The lowest BCUT2D eigenvalue weighted by molar-refractivity contribution is -0.130. The number of rotatable bonds is 3. The lowest BCUT2D eigenvalue weighted by Crippen LogP contribution is -2.40. The highest BCUT2D eigenvalue weighted by Gasteiger charge is 2.44. The smallest absolute Gasteiger partial charge is 0.324 e. The average molecular weight is 354 g/mol. The van der Waals surface area contributed by atoms with Gasteiger partial charge in [-0.3, -0.25) is 23.5 Å². The van der Waals surface area contributed by atoms with E-state index in [4.69, 9.17) is 0 Å². The third kappa shape index (κ3) is 2.13. The van der Waals surface area contributed by atoms with Crippen LogP contribution in [0.25, 0.3) is 16.7 Å². The summed E-state index contributed by atoms with van der Waals surface area (Å²) in [6.07, 6.45) is 0. The minimum Gasteiger partial charge on any atom is -0.324 e. The van der Waals surface area contributed by atoms with Gasteiger partial charge in [-0.15, -0.1) is 10.2 Å². The molecule has 2 aromatic heterocycles. The Hall–Kier alpha value is -3.23. The SMILES string of the molecule is CCn1c(=O)c2ccccc2n2c(CN3C(=O)NC(C)(C)C3=O)nnc12. The highest BCUT2D eigenvalue weighted by molar-refractivity contribution is 6.06. The molecular formula is C17H18N6O3. The summed E-state index contributed by atoms with van der Waals surface area (Å²) in [6.45, 7) is 5.56. The molecular weight excluding hydrogens is 336 g/mol. The molecule has 3 aromatic rings. The van der Waals surface area contributed by atoms with Crippen LogP contribution in [0, 0.1) is 0 Å². The molecule has 9 heteroatoms. The molecule has 0 radical (unpaired) electrons. The standard InChI is InChI=1S/C17H18N6O3/c1-4-21-13(24)10-7-5-6-8-11(10)23-12(19-20-15(21)23)9-22-14(25)17(2,3)18-16(22)26/h5-8H,4,9H2,1-3H3,(H,18,26). The lowest BCUT2D eigenvalue weighted by Gasteiger charge is -2.15. The van der Waals surface area contributed by atoms with Gasteiger partial charge in [0.25, 0.3) is 11.5 Å². The number of amides is 3. The topological polar surface area (TPSA) is 102 Å². The second-order valence-electron chi connectivity index (χ2n) is 6.76. The molecule has 1 aliphatic rings. The maximum absolute atomic E-state index is 12.7. The molecule has 1 N–H and O–H groups in total. The number of para-hydroxylation sites is 1. The van der Waals surface area contributed by atoms with Crippen molar-refractivity contribution in [1.29, 1.82) is 0 Å². The number of nitrogens with zero attached hydrogens (tertiary/aromatic N) is 5. The van der Waals surface area contributed by atoms with Gasteiger partial charge in [-0.25, -0.2) is 4.79 Å². The number of aromatic nitrogens is 4. The van der Waals surface area contributed by atoms with Crippen molar-refractivity contribution in [2.45, 2.75) is 39.4 Å². The zero-order chi connectivity index (χ0) is 18.6. The molecule has 0 atom stereocenters. The number of carbonyl (C=O) groups is 2. The van der Waals surface area contributed by atoms with Crippen LogP contribution < -0.4 is 10.9 Å². The number of carbonyl (C=O) groups excluding carboxylic acids is 2. The van der Waals surface area contributed by atoms with E-state index >= 15 is 0 Å². The van der Waals surface area contributed by atoms with Crippen LogP contribution in [0.3, 0.4) is 0 Å². The van der Waals surface area contributed by atoms with Gasteiger partial charge in [0.2, 0.25) is 5.78 Å². The van der Waals surface area contributed by atoms with Gasteiger partial charge in [0.15, 0.2) is 5.82 Å². The number of nitrogens with one attached hydrogen (secondary N) is 1. The number of aryl methyl sites for hydroxylation is 1. The number of urea groups is 1. The zero-order valence-electron chi connectivity index (χ0n) is 14.7. The predicted molar refractivity (Wildman–Crippen MR) is 93.6 cm³/mol. The number of imide groups is 1. The highest BCUT2D eigenvalue weighted by Crippen LogP contribution is 2.20. The van der Waals surface area contributed by atoms with E-state index in [1.165, 1.54) is 4.57 Å². The minimum absolute atomic E-state index is 0.0266. The molecule has 0 spiro atoms. The predicted octanol–water partition coefficient (Wildman–Crippen LogP) is 0.894. The Morgan fingerprint density at radius 3 is 2.50 bits per heavy atom. The highest BCUT2D eigenvalue weighted by atomic mass is 16.2. The lowest BCUT2D eigenvalue weighted by atomic mass is 10.1. The third-order valence-electron chi connectivity index (χ3n) is 4.64. The molecule has 3 heterocycles. The van der Waals surface area contributed by atoms with Gasteiger partial charge in [-0.2, -0.15) is 0 Å². The van der Waals surface area contributed by atoms with Crippen LogP contribution >= 0.6 is 0 Å². The van der Waals surface area contributed by atoms with Crippen molar-refractivity contribution in [1.82, 2.24) is 29.4 Å². The third-order valence-corrected chi connectivity index (χ3v) is 4.64. The molecule has 1 aliphatic heterocycles. The van der Waals surface area contributed by atoms with Crippen LogP contribution in [0.1, 0.15) is 26.6 Å². The fourth-order valence-corrected chi connectivity index (χ4v) is 3.30. The van der Waals surface area contributed by atoms with Crippen molar-refractivity contribution < 1.29 is 9.59 Å². The number of hydrogen-bond donors (Lipinski definition) is 1. The van der Waals surface area contributed by atoms with Crippen LogP contribution in [0.2, 0.25) is 0 Å². The molecule has 1 saturated heterocycles. The van der Waals surface area contributed by atoms with E-state index in [0.29, 0.717) is 29.0 Å². The monoisotopic (exact) mass is 354 g/mol. The largest absolute Gasteiger partial charge is 0.325 e. The Bertz CT molecular complexity index is 1130. The molecule has 0 saturated carbocycles. The summed E-state index contributed by atoms with van der Waals surface area (Å²) in [4.78, 5) is 38.4. The van der Waals surface area contributed by atoms with Gasteiger partial charge in [0.1, 0.15) is 5.54 Å². The Morgan fingerprint density at radius 1 is 1.12 bits per heavy atom.